The maximum atomic E-state index is 11.4. The number of Topliss-reactive ketones (excluding diaryl/α,β-unsaturated/α-hetero) is 1. The zero-order valence-electron chi connectivity index (χ0n) is 6.13. The van der Waals surface area contributed by atoms with Crippen LogP contribution in [0.25, 0.3) is 0 Å². The van der Waals surface area contributed by atoms with Crippen LogP contribution in [0.5, 0.6) is 0 Å². The molecule has 1 aromatic carbocycles. The molecule has 0 saturated heterocycles. The zero-order valence-corrected chi connectivity index (χ0v) is 9.30. The molecule has 12 heavy (non-hydrogen) atoms. The first-order chi connectivity index (χ1) is 5.52. The second-order valence-electron chi connectivity index (χ2n) is 2.32. The lowest BCUT2D eigenvalue weighted by molar-refractivity contribution is 0.100. The van der Waals surface area contributed by atoms with E-state index in [9.17, 15) is 4.79 Å². The molecule has 1 nitrogen and oxygen atoms in total. The summed E-state index contributed by atoms with van der Waals surface area (Å²) in [6.07, 6.45) is 0. The summed E-state index contributed by atoms with van der Waals surface area (Å²) in [5.74, 6) is -0.192. The summed E-state index contributed by atoms with van der Waals surface area (Å²) >= 11 is 6.05. The van der Waals surface area contributed by atoms with Crippen LogP contribution in [0.4, 0.5) is 0 Å². The monoisotopic (exact) mass is 286 g/mol. The van der Waals surface area contributed by atoms with E-state index < -0.39 is 3.13 Å². The maximum Gasteiger partial charge on any atom is 0.180 e. The largest absolute Gasteiger partial charge is 0.293 e. The lowest BCUT2D eigenvalue weighted by atomic mass is 9.95. The number of alkyl halides is 2. The third kappa shape index (κ3) is 2.46. The number of hydrogen-bond donors (Lipinski definition) is 0. The molecule has 0 aromatic heterocycles. The number of carbonyl (C=O) groups excluding carboxylic acids is 1. The van der Waals surface area contributed by atoms with Gasteiger partial charge in [-0.2, -0.15) is 0 Å². The van der Waals surface area contributed by atoms with E-state index in [2.05, 4.69) is 31.9 Å². The first-order valence-corrected chi connectivity index (χ1v) is 4.87. The molecule has 60 valence electrons. The van der Waals surface area contributed by atoms with Crippen molar-refractivity contribution in [3.63, 3.8) is 0 Å². The van der Waals surface area contributed by atoms with Gasteiger partial charge in [0.25, 0.3) is 0 Å². The highest BCUT2D eigenvalue weighted by Gasteiger charge is 2.25. The van der Waals surface area contributed by atoms with Crippen LogP contribution in [0.3, 0.4) is 0 Å². The number of benzene rings is 1. The van der Waals surface area contributed by atoms with Gasteiger partial charge in [0.2, 0.25) is 0 Å². The van der Waals surface area contributed by atoms with E-state index in [1.807, 2.05) is 6.07 Å². The Kier molecular flexibility index (Phi) is 3.12. The van der Waals surface area contributed by atoms with Gasteiger partial charge in [-0.3, -0.25) is 4.79 Å². The van der Waals surface area contributed by atoms with Crippen LogP contribution in [0, 0.1) is 0 Å². The van der Waals surface area contributed by atoms with E-state index in [0.29, 0.717) is 5.56 Å². The van der Waals surface area contributed by atoms with E-state index in [1.54, 1.807) is 24.3 Å². The Bertz CT molecular complexity index is 279. The van der Waals surface area contributed by atoms with E-state index in [1.165, 1.54) is 0 Å². The molecule has 0 unspecified atom stereocenters. The minimum atomic E-state index is -1.15. The Morgan fingerprint density at radius 2 is 1.75 bits per heavy atom. The molecule has 0 saturated carbocycles. The first kappa shape index (κ1) is 10.00. The number of ketones is 1. The van der Waals surface area contributed by atoms with E-state index in [4.69, 9.17) is 7.85 Å². The smallest absolute Gasteiger partial charge is 0.180 e. The Hall–Kier alpha value is -0.0851. The van der Waals surface area contributed by atoms with Gasteiger partial charge >= 0.3 is 0 Å². The third-order valence-corrected chi connectivity index (χ3v) is 2.06. The van der Waals surface area contributed by atoms with Crippen LogP contribution in [-0.2, 0) is 0 Å². The molecular formula is C8H5BBr2O. The quantitative estimate of drug-likeness (QED) is 0.464. The average Bonchev–Trinajstić information content (AvgIpc) is 2.03. The van der Waals surface area contributed by atoms with Gasteiger partial charge in [0, 0.05) is 5.56 Å². The predicted molar refractivity (Wildman–Crippen MR) is 57.1 cm³/mol. The third-order valence-electron chi connectivity index (χ3n) is 1.34. The molecule has 0 heterocycles. The Morgan fingerprint density at radius 3 is 2.17 bits per heavy atom. The van der Waals surface area contributed by atoms with Gasteiger partial charge in [-0.25, -0.2) is 0 Å². The van der Waals surface area contributed by atoms with Crippen molar-refractivity contribution in [2.75, 3.05) is 0 Å². The Labute approximate surface area is 89.2 Å². The lowest BCUT2D eigenvalue weighted by Gasteiger charge is -2.12. The second-order valence-corrected chi connectivity index (χ2v) is 5.88. The topological polar surface area (TPSA) is 17.1 Å². The Balaban J connectivity index is 2.94. The highest BCUT2D eigenvalue weighted by atomic mass is 79.9. The summed E-state index contributed by atoms with van der Waals surface area (Å²) in [6, 6.07) is 8.86. The van der Waals surface area contributed by atoms with Gasteiger partial charge in [-0.15, -0.1) is 0 Å². The van der Waals surface area contributed by atoms with Crippen molar-refractivity contribution in [3.8, 4) is 0 Å². The molecule has 0 amide bonds. The van der Waals surface area contributed by atoms with Crippen LogP contribution in [0.15, 0.2) is 30.3 Å². The average molecular weight is 288 g/mol. The molecule has 0 aliphatic carbocycles. The van der Waals surface area contributed by atoms with Gasteiger partial charge in [0.05, 0.1) is 0 Å². The molecule has 1 rings (SSSR count). The minimum absolute atomic E-state index is 0.192. The standard InChI is InChI=1S/C8H5BBr2O/c9-8(10,11)7(12)6-4-2-1-3-5-6/h1-5H. The molecule has 0 N–H and O–H groups in total. The van der Waals surface area contributed by atoms with Crippen LogP contribution in [0.2, 0.25) is 0 Å². The Morgan fingerprint density at radius 1 is 1.25 bits per heavy atom. The summed E-state index contributed by atoms with van der Waals surface area (Å²) in [6.45, 7) is 0. The van der Waals surface area contributed by atoms with Gasteiger partial charge in [-0.05, 0) is 0 Å². The fourth-order valence-electron chi connectivity index (χ4n) is 0.782. The normalized spacial score (nSPS) is 11.2. The molecule has 0 aliphatic rings. The van der Waals surface area contributed by atoms with Crippen molar-refractivity contribution in [1.82, 2.24) is 0 Å². The summed E-state index contributed by atoms with van der Waals surface area (Å²) in [5, 5.41) is 0. The van der Waals surface area contributed by atoms with Crippen LogP contribution >= 0.6 is 31.9 Å². The minimum Gasteiger partial charge on any atom is -0.293 e. The summed E-state index contributed by atoms with van der Waals surface area (Å²) in [7, 11) is 5.49. The van der Waals surface area contributed by atoms with Crippen molar-refractivity contribution in [2.24, 2.45) is 0 Å². The van der Waals surface area contributed by atoms with E-state index >= 15 is 0 Å². The molecule has 1 aromatic rings. The molecule has 0 atom stereocenters. The van der Waals surface area contributed by atoms with E-state index in [-0.39, 0.29) is 5.78 Å². The molecule has 4 heteroatoms. The fraction of sp³-hybridized carbons (Fsp3) is 0.125. The number of halogens is 2. The zero-order chi connectivity index (χ0) is 9.19. The van der Waals surface area contributed by atoms with Gasteiger partial charge in [0.15, 0.2) is 5.78 Å². The van der Waals surface area contributed by atoms with E-state index in [0.717, 1.165) is 0 Å². The number of rotatable bonds is 2. The van der Waals surface area contributed by atoms with Crippen molar-refractivity contribution >= 4 is 45.5 Å². The molecule has 0 fully saturated rings. The first-order valence-electron chi connectivity index (χ1n) is 3.28. The molecule has 2 radical (unpaired) electrons. The van der Waals surface area contributed by atoms with Crippen LogP contribution in [0.1, 0.15) is 10.4 Å². The molecular weight excluding hydrogens is 283 g/mol. The van der Waals surface area contributed by atoms with Crippen molar-refractivity contribution in [1.29, 1.82) is 0 Å². The predicted octanol–water partition coefficient (Wildman–Crippen LogP) is 2.48. The van der Waals surface area contributed by atoms with Crippen molar-refractivity contribution < 1.29 is 4.79 Å². The summed E-state index contributed by atoms with van der Waals surface area (Å²) in [5.41, 5.74) is 0.578. The van der Waals surface area contributed by atoms with Crippen molar-refractivity contribution in [3.05, 3.63) is 35.9 Å². The highest BCUT2D eigenvalue weighted by Crippen LogP contribution is 2.26. The van der Waals surface area contributed by atoms with Gasteiger partial charge in [0.1, 0.15) is 11.0 Å². The van der Waals surface area contributed by atoms with Crippen LogP contribution in [-0.4, -0.2) is 16.8 Å². The highest BCUT2D eigenvalue weighted by molar-refractivity contribution is 9.26. The SMILES string of the molecule is [B]C(Br)(Br)C(=O)c1ccccc1. The molecule has 0 aliphatic heterocycles. The van der Waals surface area contributed by atoms with Gasteiger partial charge in [-0.1, -0.05) is 62.2 Å². The van der Waals surface area contributed by atoms with Crippen molar-refractivity contribution in [2.45, 2.75) is 3.13 Å². The summed E-state index contributed by atoms with van der Waals surface area (Å²) < 4.78 is -1.15. The summed E-state index contributed by atoms with van der Waals surface area (Å²) in [4.78, 5) is 11.4. The maximum absolute atomic E-state index is 11.4. The molecule has 0 spiro atoms. The second kappa shape index (κ2) is 3.75. The number of hydrogen-bond acceptors (Lipinski definition) is 1. The van der Waals surface area contributed by atoms with Gasteiger partial charge < -0.3 is 0 Å². The number of carbonyl (C=O) groups is 1. The van der Waals surface area contributed by atoms with Crippen LogP contribution < -0.4 is 0 Å². The molecule has 0 bridgehead atoms. The lowest BCUT2D eigenvalue weighted by Crippen LogP contribution is -2.24. The fourth-order valence-corrected chi connectivity index (χ4v) is 1.24.